The molecule has 0 bridgehead atoms. The van der Waals surface area contributed by atoms with Crippen LogP contribution in [0.2, 0.25) is 0 Å². The summed E-state index contributed by atoms with van der Waals surface area (Å²) in [5.41, 5.74) is 2.34. The first-order valence-electron chi connectivity index (χ1n) is 12.1. The van der Waals surface area contributed by atoms with Crippen LogP contribution in [0.15, 0.2) is 66.9 Å². The maximum atomic E-state index is 13.2. The van der Waals surface area contributed by atoms with Crippen molar-refractivity contribution in [2.75, 3.05) is 33.2 Å². The van der Waals surface area contributed by atoms with Crippen LogP contribution in [-0.2, 0) is 0 Å². The quantitative estimate of drug-likeness (QED) is 0.471. The molecule has 0 saturated carbocycles. The number of nitrogens with zero attached hydrogens (tertiary/aromatic N) is 3. The van der Waals surface area contributed by atoms with Crippen LogP contribution < -0.4 is 4.74 Å². The number of pyridine rings is 1. The summed E-state index contributed by atoms with van der Waals surface area (Å²) >= 11 is 0. The first kappa shape index (κ1) is 22.5. The van der Waals surface area contributed by atoms with E-state index in [1.807, 2.05) is 35.2 Å². The van der Waals surface area contributed by atoms with Crippen molar-refractivity contribution in [2.45, 2.75) is 31.7 Å². The molecule has 3 aromatic rings. The van der Waals surface area contributed by atoms with Crippen molar-refractivity contribution < 1.29 is 18.4 Å². The molecule has 34 heavy (non-hydrogen) atoms. The second kappa shape index (κ2) is 9.55. The summed E-state index contributed by atoms with van der Waals surface area (Å²) in [5, 5.41) is 0. The Morgan fingerprint density at radius 3 is 2.24 bits per heavy atom. The Morgan fingerprint density at radius 1 is 0.971 bits per heavy atom. The van der Waals surface area contributed by atoms with Gasteiger partial charge in [0.1, 0.15) is 17.3 Å². The predicted molar refractivity (Wildman–Crippen MR) is 130 cm³/mol. The predicted octanol–water partition coefficient (Wildman–Crippen LogP) is 5.53. The lowest BCUT2D eigenvalue weighted by Crippen LogP contribution is -2.55. The van der Waals surface area contributed by atoms with Gasteiger partial charge in [0, 0.05) is 56.1 Å². The average Bonchev–Trinajstić information content (AvgIpc) is 3.33. The molecule has 2 aliphatic heterocycles. The van der Waals surface area contributed by atoms with Gasteiger partial charge in [0.15, 0.2) is 0 Å². The van der Waals surface area contributed by atoms with Crippen LogP contribution in [-0.4, -0.2) is 59.5 Å². The van der Waals surface area contributed by atoms with Gasteiger partial charge in [-0.2, -0.15) is 0 Å². The van der Waals surface area contributed by atoms with E-state index in [1.165, 1.54) is 42.5 Å². The van der Waals surface area contributed by atoms with E-state index in [9.17, 15) is 9.18 Å². The molecule has 0 N–H and O–H groups in total. The Balaban J connectivity index is 1.23. The van der Waals surface area contributed by atoms with Crippen LogP contribution in [0.25, 0.3) is 11.3 Å². The zero-order valence-electron chi connectivity index (χ0n) is 19.6. The average molecular weight is 461 g/mol. The molecular formula is C28H31FN3O2+. The number of likely N-dealkylation sites (tertiary alicyclic amines) is 2. The van der Waals surface area contributed by atoms with E-state index >= 15 is 0 Å². The first-order valence-corrected chi connectivity index (χ1v) is 12.1. The van der Waals surface area contributed by atoms with Gasteiger partial charge >= 0.3 is 0 Å². The Morgan fingerprint density at radius 2 is 1.59 bits per heavy atom. The zero-order chi connectivity index (χ0) is 23.5. The molecule has 2 fully saturated rings. The van der Waals surface area contributed by atoms with Crippen LogP contribution in [0.5, 0.6) is 11.5 Å². The van der Waals surface area contributed by atoms with Crippen molar-refractivity contribution in [3.05, 3.63) is 78.2 Å². The minimum atomic E-state index is -0.296. The number of aromatic nitrogens is 1. The summed E-state index contributed by atoms with van der Waals surface area (Å²) in [7, 11) is 2.39. The SMILES string of the molecule is C[N+]1(C2CCN(C(=O)c3ccnc(-c4ccc(Oc5ccc(F)cc5)cc4)c3)CC2)CCCC1. The summed E-state index contributed by atoms with van der Waals surface area (Å²) in [4.78, 5) is 19.7. The van der Waals surface area contributed by atoms with E-state index in [2.05, 4.69) is 12.0 Å². The lowest BCUT2D eigenvalue weighted by molar-refractivity contribution is -0.923. The number of rotatable bonds is 5. The van der Waals surface area contributed by atoms with Gasteiger partial charge in [0.25, 0.3) is 5.91 Å². The van der Waals surface area contributed by atoms with Crippen molar-refractivity contribution in [1.82, 2.24) is 9.88 Å². The standard InChI is InChI=1S/C28H31FN3O2/c1-32(18-2-3-19-32)24-13-16-31(17-14-24)28(33)22-12-15-30-27(20-22)21-4-8-25(9-5-21)34-26-10-6-23(29)7-11-26/h4-12,15,20,24H,2-3,13-14,16-19H2,1H3/q+1. The highest BCUT2D eigenvalue weighted by molar-refractivity contribution is 5.95. The van der Waals surface area contributed by atoms with Crippen molar-refractivity contribution in [3.8, 4) is 22.8 Å². The van der Waals surface area contributed by atoms with Crippen molar-refractivity contribution in [3.63, 3.8) is 0 Å². The molecule has 0 atom stereocenters. The summed E-state index contributed by atoms with van der Waals surface area (Å²) in [5.74, 6) is 1.02. The summed E-state index contributed by atoms with van der Waals surface area (Å²) in [6, 6.07) is 17.8. The third-order valence-corrected chi connectivity index (χ3v) is 7.43. The van der Waals surface area contributed by atoms with Crippen LogP contribution in [0.3, 0.4) is 0 Å². The van der Waals surface area contributed by atoms with Gasteiger partial charge in [0.2, 0.25) is 0 Å². The molecule has 0 aliphatic carbocycles. The molecular weight excluding hydrogens is 429 g/mol. The molecule has 0 unspecified atom stereocenters. The number of carbonyl (C=O) groups is 1. The van der Waals surface area contributed by atoms with Gasteiger partial charge in [-0.15, -0.1) is 0 Å². The number of quaternary nitrogens is 1. The second-order valence-electron chi connectivity index (χ2n) is 9.67. The van der Waals surface area contributed by atoms with Crippen LogP contribution >= 0.6 is 0 Å². The van der Waals surface area contributed by atoms with Gasteiger partial charge in [0.05, 0.1) is 31.9 Å². The molecule has 0 radical (unpaired) electrons. The van der Waals surface area contributed by atoms with E-state index in [1.54, 1.807) is 24.4 Å². The number of hydrogen-bond donors (Lipinski definition) is 0. The molecule has 1 amide bonds. The number of piperidine rings is 1. The molecule has 5 nitrogen and oxygen atoms in total. The molecule has 1 aromatic heterocycles. The maximum absolute atomic E-state index is 13.2. The van der Waals surface area contributed by atoms with E-state index < -0.39 is 0 Å². The maximum Gasteiger partial charge on any atom is 0.253 e. The van der Waals surface area contributed by atoms with Gasteiger partial charge in [-0.05, 0) is 60.7 Å². The van der Waals surface area contributed by atoms with E-state index in [0.29, 0.717) is 23.1 Å². The normalized spacial score (nSPS) is 18.1. The Labute approximate surface area is 200 Å². The third-order valence-electron chi connectivity index (χ3n) is 7.43. The van der Waals surface area contributed by atoms with Crippen LogP contribution in [0.4, 0.5) is 4.39 Å². The number of ether oxygens (including phenoxy) is 1. The molecule has 2 aromatic carbocycles. The number of amides is 1. The monoisotopic (exact) mass is 460 g/mol. The van der Waals surface area contributed by atoms with Crippen molar-refractivity contribution in [2.24, 2.45) is 0 Å². The highest BCUT2D eigenvalue weighted by atomic mass is 19.1. The van der Waals surface area contributed by atoms with E-state index in [4.69, 9.17) is 4.74 Å². The lowest BCUT2D eigenvalue weighted by Gasteiger charge is -2.42. The number of benzene rings is 2. The minimum absolute atomic E-state index is 0.0856. The largest absolute Gasteiger partial charge is 0.457 e. The molecule has 6 heteroatoms. The highest BCUT2D eigenvalue weighted by Gasteiger charge is 2.38. The molecule has 5 rings (SSSR count). The highest BCUT2D eigenvalue weighted by Crippen LogP contribution is 2.29. The Hall–Kier alpha value is -3.25. The number of carbonyl (C=O) groups excluding carboxylic acids is 1. The fourth-order valence-electron chi connectivity index (χ4n) is 5.35. The van der Waals surface area contributed by atoms with E-state index in [-0.39, 0.29) is 11.7 Å². The Bertz CT molecular complexity index is 1130. The Kier molecular flexibility index (Phi) is 6.33. The topological polar surface area (TPSA) is 42.4 Å². The summed E-state index contributed by atoms with van der Waals surface area (Å²) in [6.07, 6.45) is 6.52. The molecule has 176 valence electrons. The number of halogens is 1. The second-order valence-corrected chi connectivity index (χ2v) is 9.67. The van der Waals surface area contributed by atoms with Crippen LogP contribution in [0.1, 0.15) is 36.0 Å². The van der Waals surface area contributed by atoms with Gasteiger partial charge in [-0.25, -0.2) is 4.39 Å². The van der Waals surface area contributed by atoms with Crippen LogP contribution in [0, 0.1) is 5.82 Å². The molecule has 2 saturated heterocycles. The molecule has 0 spiro atoms. The smallest absolute Gasteiger partial charge is 0.253 e. The van der Waals surface area contributed by atoms with Crippen molar-refractivity contribution >= 4 is 5.91 Å². The lowest BCUT2D eigenvalue weighted by atomic mass is 10.0. The molecule has 3 heterocycles. The fourth-order valence-corrected chi connectivity index (χ4v) is 5.35. The molecule has 2 aliphatic rings. The fraction of sp³-hybridized carbons (Fsp3) is 0.357. The van der Waals surface area contributed by atoms with Gasteiger partial charge < -0.3 is 14.1 Å². The first-order chi connectivity index (χ1) is 16.5. The van der Waals surface area contributed by atoms with Gasteiger partial charge in [-0.1, -0.05) is 0 Å². The third kappa shape index (κ3) is 4.82. The summed E-state index contributed by atoms with van der Waals surface area (Å²) < 4.78 is 20.0. The van der Waals surface area contributed by atoms with Gasteiger partial charge in [-0.3, -0.25) is 9.78 Å². The number of hydrogen-bond acceptors (Lipinski definition) is 3. The van der Waals surface area contributed by atoms with Crippen molar-refractivity contribution in [1.29, 1.82) is 0 Å². The van der Waals surface area contributed by atoms with E-state index in [0.717, 1.165) is 37.2 Å². The minimum Gasteiger partial charge on any atom is -0.457 e. The summed E-state index contributed by atoms with van der Waals surface area (Å²) in [6.45, 7) is 4.20. The zero-order valence-corrected chi connectivity index (χ0v) is 19.6.